The van der Waals surface area contributed by atoms with Crippen LogP contribution in [0.2, 0.25) is 0 Å². The maximum atomic E-state index is 11.2. The molecule has 1 saturated heterocycles. The van der Waals surface area contributed by atoms with Crippen LogP contribution in [0.5, 0.6) is 0 Å². The second-order valence-electron chi connectivity index (χ2n) is 6.39. The van der Waals surface area contributed by atoms with Crippen molar-refractivity contribution < 1.29 is 15.0 Å². The third kappa shape index (κ3) is 3.70. The summed E-state index contributed by atoms with van der Waals surface area (Å²) in [5, 5.41) is 18.9. The van der Waals surface area contributed by atoms with Gasteiger partial charge >= 0.3 is 5.97 Å². The van der Waals surface area contributed by atoms with Crippen molar-refractivity contribution in [2.75, 3.05) is 18.1 Å². The van der Waals surface area contributed by atoms with Crippen molar-refractivity contribution in [3.05, 3.63) is 54.6 Å². The molecule has 2 aromatic carbocycles. The standard InChI is InChI=1S/C20H23N3O3/c21-18(20(25)26)22-19-15(13-24)9-6-12-23(19)17-11-5-4-10-16(17)14-7-2-1-3-8-14/h1-5,7-8,10-11,15,19,24H,6,9,12-13H2,(H2,21,22)(H,25,26). The van der Waals surface area contributed by atoms with Crippen LogP contribution in [0.15, 0.2) is 59.6 Å². The number of amidine groups is 1. The lowest BCUT2D eigenvalue weighted by atomic mass is 9.93. The topological polar surface area (TPSA) is 99.2 Å². The number of benzene rings is 2. The van der Waals surface area contributed by atoms with Crippen LogP contribution in [0.25, 0.3) is 11.1 Å². The smallest absolute Gasteiger partial charge is 0.371 e. The molecular weight excluding hydrogens is 330 g/mol. The number of rotatable bonds is 4. The van der Waals surface area contributed by atoms with Gasteiger partial charge in [-0.15, -0.1) is 0 Å². The molecule has 0 bridgehead atoms. The predicted molar refractivity (Wildman–Crippen MR) is 102 cm³/mol. The Labute approximate surface area is 152 Å². The van der Waals surface area contributed by atoms with Gasteiger partial charge in [0.15, 0.2) is 0 Å². The monoisotopic (exact) mass is 353 g/mol. The molecule has 1 heterocycles. The van der Waals surface area contributed by atoms with E-state index in [0.717, 1.165) is 36.2 Å². The van der Waals surface area contributed by atoms with Crippen LogP contribution in [0.4, 0.5) is 5.69 Å². The molecular formula is C20H23N3O3. The van der Waals surface area contributed by atoms with Gasteiger partial charge in [0, 0.05) is 30.3 Å². The Morgan fingerprint density at radius 3 is 2.54 bits per heavy atom. The summed E-state index contributed by atoms with van der Waals surface area (Å²) in [6.07, 6.45) is 1.17. The van der Waals surface area contributed by atoms with Crippen molar-refractivity contribution in [3.8, 4) is 11.1 Å². The number of aliphatic hydroxyl groups excluding tert-OH is 1. The summed E-state index contributed by atoms with van der Waals surface area (Å²) in [7, 11) is 0. The Hall–Kier alpha value is -2.86. The van der Waals surface area contributed by atoms with Gasteiger partial charge in [0.1, 0.15) is 6.17 Å². The number of anilines is 1. The number of hydrogen-bond donors (Lipinski definition) is 3. The van der Waals surface area contributed by atoms with E-state index in [-0.39, 0.29) is 12.5 Å². The van der Waals surface area contributed by atoms with Gasteiger partial charge in [0.2, 0.25) is 5.84 Å². The fraction of sp³-hybridized carbons (Fsp3) is 0.300. The van der Waals surface area contributed by atoms with Crippen LogP contribution in [0.3, 0.4) is 0 Å². The molecule has 0 radical (unpaired) electrons. The van der Waals surface area contributed by atoms with E-state index in [1.165, 1.54) is 0 Å². The highest BCUT2D eigenvalue weighted by Gasteiger charge is 2.32. The van der Waals surface area contributed by atoms with Crippen molar-refractivity contribution >= 4 is 17.5 Å². The number of aliphatic imine (C=N–C) groups is 1. The zero-order valence-corrected chi connectivity index (χ0v) is 14.5. The number of para-hydroxylation sites is 1. The lowest BCUT2D eigenvalue weighted by Crippen LogP contribution is -2.47. The first-order valence-corrected chi connectivity index (χ1v) is 8.70. The van der Waals surface area contributed by atoms with Gasteiger partial charge in [-0.05, 0) is 24.5 Å². The van der Waals surface area contributed by atoms with E-state index in [1.807, 2.05) is 54.6 Å². The number of aliphatic carboxylic acids is 1. The maximum Gasteiger partial charge on any atom is 0.371 e. The summed E-state index contributed by atoms with van der Waals surface area (Å²) in [6, 6.07) is 18.0. The molecule has 2 atom stereocenters. The molecule has 3 rings (SSSR count). The van der Waals surface area contributed by atoms with Crippen molar-refractivity contribution in [3.63, 3.8) is 0 Å². The maximum absolute atomic E-state index is 11.2. The quantitative estimate of drug-likeness (QED) is 0.579. The van der Waals surface area contributed by atoms with Gasteiger partial charge in [0.25, 0.3) is 0 Å². The molecule has 0 aliphatic carbocycles. The molecule has 6 heteroatoms. The van der Waals surface area contributed by atoms with Crippen LogP contribution in [-0.2, 0) is 4.79 Å². The van der Waals surface area contributed by atoms with Crippen molar-refractivity contribution in [1.29, 1.82) is 0 Å². The average molecular weight is 353 g/mol. The first-order chi connectivity index (χ1) is 12.6. The average Bonchev–Trinajstić information content (AvgIpc) is 2.68. The number of nitrogens with two attached hydrogens (primary N) is 1. The Bertz CT molecular complexity index is 792. The largest absolute Gasteiger partial charge is 0.475 e. The molecule has 0 spiro atoms. The van der Waals surface area contributed by atoms with Crippen molar-refractivity contribution in [2.24, 2.45) is 16.6 Å². The number of nitrogens with zero attached hydrogens (tertiary/aromatic N) is 2. The number of carboxylic acid groups (broad SMARTS) is 1. The lowest BCUT2D eigenvalue weighted by Gasteiger charge is -2.40. The van der Waals surface area contributed by atoms with Gasteiger partial charge in [-0.3, -0.25) is 0 Å². The minimum absolute atomic E-state index is 0.0644. The highest BCUT2D eigenvalue weighted by Crippen LogP contribution is 2.36. The molecule has 1 fully saturated rings. The predicted octanol–water partition coefficient (Wildman–Crippen LogP) is 2.33. The molecule has 2 aromatic rings. The van der Waals surface area contributed by atoms with Crippen molar-refractivity contribution in [1.82, 2.24) is 0 Å². The molecule has 4 N–H and O–H groups in total. The SMILES string of the molecule is N/C(=N\C1C(CO)CCCN1c1ccccc1-c1ccccc1)C(=O)O. The van der Waals surface area contributed by atoms with E-state index < -0.39 is 18.0 Å². The van der Waals surface area contributed by atoms with Crippen LogP contribution >= 0.6 is 0 Å². The third-order valence-corrected chi connectivity index (χ3v) is 4.74. The Morgan fingerprint density at radius 2 is 1.85 bits per heavy atom. The molecule has 136 valence electrons. The van der Waals surface area contributed by atoms with E-state index in [2.05, 4.69) is 9.89 Å². The summed E-state index contributed by atoms with van der Waals surface area (Å²) in [6.45, 7) is 0.659. The van der Waals surface area contributed by atoms with Gasteiger partial charge in [0.05, 0.1) is 0 Å². The zero-order chi connectivity index (χ0) is 18.5. The van der Waals surface area contributed by atoms with E-state index in [0.29, 0.717) is 0 Å². The first kappa shape index (κ1) is 17.9. The number of carbonyl (C=O) groups is 1. The van der Waals surface area contributed by atoms with E-state index in [9.17, 15) is 9.90 Å². The molecule has 0 saturated carbocycles. The number of carboxylic acids is 1. The van der Waals surface area contributed by atoms with E-state index in [1.54, 1.807) is 0 Å². The van der Waals surface area contributed by atoms with Crippen LogP contribution < -0.4 is 10.6 Å². The van der Waals surface area contributed by atoms with Gasteiger partial charge in [-0.25, -0.2) is 9.79 Å². The highest BCUT2D eigenvalue weighted by molar-refractivity contribution is 6.33. The van der Waals surface area contributed by atoms with Crippen LogP contribution in [0, 0.1) is 5.92 Å². The summed E-state index contributed by atoms with van der Waals surface area (Å²) in [4.78, 5) is 17.5. The Kier molecular flexibility index (Phi) is 5.53. The number of piperidine rings is 1. The summed E-state index contributed by atoms with van der Waals surface area (Å²) in [5.41, 5.74) is 8.67. The van der Waals surface area contributed by atoms with Gasteiger partial charge in [-0.1, -0.05) is 48.5 Å². The highest BCUT2D eigenvalue weighted by atomic mass is 16.4. The van der Waals surface area contributed by atoms with Gasteiger partial charge < -0.3 is 20.8 Å². The fourth-order valence-corrected chi connectivity index (χ4v) is 3.47. The normalized spacial score (nSPS) is 20.8. The Morgan fingerprint density at radius 1 is 1.15 bits per heavy atom. The number of hydrogen-bond acceptors (Lipinski definition) is 4. The molecule has 0 amide bonds. The zero-order valence-electron chi connectivity index (χ0n) is 14.5. The third-order valence-electron chi connectivity index (χ3n) is 4.74. The first-order valence-electron chi connectivity index (χ1n) is 8.70. The van der Waals surface area contributed by atoms with Crippen LogP contribution in [0.1, 0.15) is 12.8 Å². The van der Waals surface area contributed by atoms with E-state index in [4.69, 9.17) is 10.8 Å². The molecule has 2 unspecified atom stereocenters. The Balaban J connectivity index is 2.06. The molecule has 6 nitrogen and oxygen atoms in total. The van der Waals surface area contributed by atoms with Crippen molar-refractivity contribution in [2.45, 2.75) is 19.0 Å². The lowest BCUT2D eigenvalue weighted by molar-refractivity contribution is -0.129. The summed E-state index contributed by atoms with van der Waals surface area (Å²) in [5.74, 6) is -1.84. The number of aliphatic hydroxyl groups is 1. The second-order valence-corrected chi connectivity index (χ2v) is 6.39. The minimum atomic E-state index is -1.25. The minimum Gasteiger partial charge on any atom is -0.475 e. The summed E-state index contributed by atoms with van der Waals surface area (Å²) >= 11 is 0. The summed E-state index contributed by atoms with van der Waals surface area (Å²) < 4.78 is 0. The fourth-order valence-electron chi connectivity index (χ4n) is 3.47. The van der Waals surface area contributed by atoms with Crippen LogP contribution in [-0.4, -0.2) is 41.3 Å². The van der Waals surface area contributed by atoms with Gasteiger partial charge in [-0.2, -0.15) is 0 Å². The van der Waals surface area contributed by atoms with E-state index >= 15 is 0 Å². The molecule has 26 heavy (non-hydrogen) atoms. The second kappa shape index (κ2) is 8.01. The molecule has 1 aliphatic rings. The molecule has 1 aliphatic heterocycles. The molecule has 0 aromatic heterocycles.